The van der Waals surface area contributed by atoms with Gasteiger partial charge < -0.3 is 19.5 Å². The van der Waals surface area contributed by atoms with Crippen LogP contribution in [0.15, 0.2) is 24.3 Å². The average molecular weight is 361 g/mol. The Morgan fingerprint density at radius 1 is 1.24 bits per heavy atom. The van der Waals surface area contributed by atoms with Crippen molar-refractivity contribution >= 4 is 11.9 Å². The van der Waals surface area contributed by atoms with Gasteiger partial charge in [-0.25, -0.2) is 4.79 Å². The molecule has 0 spiro atoms. The lowest BCUT2D eigenvalue weighted by molar-refractivity contribution is -0.140. The highest BCUT2D eigenvalue weighted by Crippen LogP contribution is 2.17. The molecular formula is C16H18F3NO5. The van der Waals surface area contributed by atoms with Crippen LogP contribution in [-0.4, -0.2) is 50.5 Å². The van der Waals surface area contributed by atoms with Crippen molar-refractivity contribution in [3.05, 3.63) is 29.8 Å². The molecule has 1 heterocycles. The summed E-state index contributed by atoms with van der Waals surface area (Å²) in [5.41, 5.74) is 0.160. The Labute approximate surface area is 142 Å². The number of rotatable bonds is 7. The molecule has 1 saturated heterocycles. The second-order valence-corrected chi connectivity index (χ2v) is 5.44. The lowest BCUT2D eigenvalue weighted by Crippen LogP contribution is -2.36. The highest BCUT2D eigenvalue weighted by molar-refractivity contribution is 5.91. The number of carbonyl (C=O) groups excluding carboxylic acids is 2. The number of amides is 1. The van der Waals surface area contributed by atoms with Crippen molar-refractivity contribution < 1.29 is 37.0 Å². The number of halogens is 3. The number of carbonyl (C=O) groups is 2. The molecule has 1 fully saturated rings. The highest BCUT2D eigenvalue weighted by Gasteiger charge is 2.27. The van der Waals surface area contributed by atoms with Crippen molar-refractivity contribution in [1.29, 1.82) is 0 Å². The first-order valence-electron chi connectivity index (χ1n) is 7.68. The van der Waals surface area contributed by atoms with Crippen LogP contribution in [0.3, 0.4) is 0 Å². The van der Waals surface area contributed by atoms with E-state index in [-0.39, 0.29) is 11.7 Å². The summed E-state index contributed by atoms with van der Waals surface area (Å²) in [5.74, 6) is -1.29. The Balaban J connectivity index is 1.73. The Morgan fingerprint density at radius 2 is 1.96 bits per heavy atom. The van der Waals surface area contributed by atoms with Crippen molar-refractivity contribution in [3.8, 4) is 5.75 Å². The molecule has 0 bridgehead atoms. The van der Waals surface area contributed by atoms with E-state index in [0.717, 1.165) is 19.4 Å². The topological polar surface area (TPSA) is 73.9 Å². The number of alkyl halides is 3. The highest BCUT2D eigenvalue weighted by atomic mass is 19.4. The second kappa shape index (κ2) is 8.70. The molecule has 1 aromatic carbocycles. The fourth-order valence-electron chi connectivity index (χ4n) is 2.12. The molecular weight excluding hydrogens is 343 g/mol. The van der Waals surface area contributed by atoms with Crippen LogP contribution in [0, 0.1) is 0 Å². The zero-order chi connectivity index (χ0) is 18.3. The molecule has 9 heteroatoms. The van der Waals surface area contributed by atoms with Gasteiger partial charge in [0, 0.05) is 6.61 Å². The van der Waals surface area contributed by atoms with E-state index in [1.54, 1.807) is 17.4 Å². The van der Waals surface area contributed by atoms with Crippen LogP contribution in [0.5, 0.6) is 5.75 Å². The van der Waals surface area contributed by atoms with Crippen molar-refractivity contribution in [2.24, 2.45) is 0 Å². The van der Waals surface area contributed by atoms with Crippen LogP contribution in [-0.2, 0) is 14.3 Å². The number of ether oxygens (including phenoxy) is 3. The third-order valence-electron chi connectivity index (χ3n) is 3.37. The Kier molecular flexibility index (Phi) is 6.63. The van der Waals surface area contributed by atoms with E-state index in [0.29, 0.717) is 12.4 Å². The molecule has 0 unspecified atom stereocenters. The summed E-state index contributed by atoms with van der Waals surface area (Å²) < 4.78 is 51.4. The van der Waals surface area contributed by atoms with Gasteiger partial charge in [-0.3, -0.25) is 4.79 Å². The van der Waals surface area contributed by atoms with Crippen molar-refractivity contribution in [2.75, 3.05) is 26.4 Å². The van der Waals surface area contributed by atoms with Crippen molar-refractivity contribution in [3.63, 3.8) is 0 Å². The van der Waals surface area contributed by atoms with E-state index in [4.69, 9.17) is 9.47 Å². The SMILES string of the molecule is O=C(COC(=O)c1ccc(OC[C@H]2CCCO2)cc1)NCC(F)(F)F. The van der Waals surface area contributed by atoms with Crippen LogP contribution >= 0.6 is 0 Å². The molecule has 1 atom stereocenters. The minimum atomic E-state index is -4.51. The monoisotopic (exact) mass is 361 g/mol. The first kappa shape index (κ1) is 19.0. The lowest BCUT2D eigenvalue weighted by Gasteiger charge is -2.12. The molecule has 1 amide bonds. The molecule has 2 rings (SSSR count). The smallest absolute Gasteiger partial charge is 0.405 e. The first-order chi connectivity index (χ1) is 11.8. The molecule has 0 radical (unpaired) electrons. The normalized spacial score (nSPS) is 17.2. The van der Waals surface area contributed by atoms with Crippen LogP contribution in [0.4, 0.5) is 13.2 Å². The molecule has 6 nitrogen and oxygen atoms in total. The minimum absolute atomic E-state index is 0.0693. The van der Waals surface area contributed by atoms with Crippen LogP contribution in [0.25, 0.3) is 0 Å². The fraction of sp³-hybridized carbons (Fsp3) is 0.500. The number of benzene rings is 1. The molecule has 0 aromatic heterocycles. The number of esters is 1. The predicted octanol–water partition coefficient (Wildman–Crippen LogP) is 2.08. The molecule has 1 aromatic rings. The predicted molar refractivity (Wildman–Crippen MR) is 80.3 cm³/mol. The first-order valence-corrected chi connectivity index (χ1v) is 7.68. The Bertz CT molecular complexity index is 582. The fourth-order valence-corrected chi connectivity index (χ4v) is 2.12. The van der Waals surface area contributed by atoms with Gasteiger partial charge in [-0.2, -0.15) is 13.2 Å². The largest absolute Gasteiger partial charge is 0.491 e. The van der Waals surface area contributed by atoms with E-state index >= 15 is 0 Å². The second-order valence-electron chi connectivity index (χ2n) is 5.44. The lowest BCUT2D eigenvalue weighted by atomic mass is 10.2. The van der Waals surface area contributed by atoms with E-state index < -0.39 is 31.2 Å². The molecule has 1 aliphatic heterocycles. The van der Waals surface area contributed by atoms with Gasteiger partial charge >= 0.3 is 12.1 Å². The van der Waals surface area contributed by atoms with Crippen LogP contribution in [0.1, 0.15) is 23.2 Å². The zero-order valence-electron chi connectivity index (χ0n) is 13.3. The molecule has 0 aliphatic carbocycles. The third kappa shape index (κ3) is 7.00. The van der Waals surface area contributed by atoms with Gasteiger partial charge in [0.15, 0.2) is 6.61 Å². The number of nitrogens with one attached hydrogen (secondary N) is 1. The van der Waals surface area contributed by atoms with Gasteiger partial charge in [0.25, 0.3) is 5.91 Å². The molecule has 138 valence electrons. The maximum absolute atomic E-state index is 11.9. The average Bonchev–Trinajstić information content (AvgIpc) is 3.09. The number of hydrogen-bond donors (Lipinski definition) is 1. The van der Waals surface area contributed by atoms with Gasteiger partial charge in [-0.15, -0.1) is 0 Å². The van der Waals surface area contributed by atoms with E-state index in [9.17, 15) is 22.8 Å². The molecule has 0 saturated carbocycles. The van der Waals surface area contributed by atoms with Crippen molar-refractivity contribution in [1.82, 2.24) is 5.32 Å². The Hall–Kier alpha value is -2.29. The minimum Gasteiger partial charge on any atom is -0.491 e. The number of hydrogen-bond acceptors (Lipinski definition) is 5. The summed E-state index contributed by atoms with van der Waals surface area (Å²) in [5, 5.41) is 1.61. The van der Waals surface area contributed by atoms with Crippen LogP contribution < -0.4 is 10.1 Å². The molecule has 25 heavy (non-hydrogen) atoms. The van der Waals surface area contributed by atoms with Gasteiger partial charge in [0.1, 0.15) is 18.9 Å². The summed E-state index contributed by atoms with van der Waals surface area (Å²) in [6, 6.07) is 6.02. The summed E-state index contributed by atoms with van der Waals surface area (Å²) in [6.45, 7) is -1.11. The standard InChI is InChI=1S/C16H18F3NO5/c17-16(18,19)10-20-14(21)9-25-15(22)11-3-5-12(6-4-11)24-8-13-2-1-7-23-13/h3-6,13H,1-2,7-10H2,(H,20,21)/t13-/m1/s1. The van der Waals surface area contributed by atoms with Crippen molar-refractivity contribution in [2.45, 2.75) is 25.1 Å². The zero-order valence-corrected chi connectivity index (χ0v) is 13.3. The molecule has 1 aliphatic rings. The molecule has 1 N–H and O–H groups in total. The Morgan fingerprint density at radius 3 is 2.56 bits per heavy atom. The summed E-state index contributed by atoms with van der Waals surface area (Å²) >= 11 is 0. The quantitative estimate of drug-likeness (QED) is 0.753. The van der Waals surface area contributed by atoms with Gasteiger partial charge in [-0.05, 0) is 37.1 Å². The summed E-state index contributed by atoms with van der Waals surface area (Å²) in [4.78, 5) is 22.9. The van der Waals surface area contributed by atoms with E-state index in [2.05, 4.69) is 4.74 Å². The van der Waals surface area contributed by atoms with Gasteiger partial charge in [0.05, 0.1) is 11.7 Å². The van der Waals surface area contributed by atoms with E-state index in [1.165, 1.54) is 12.1 Å². The van der Waals surface area contributed by atoms with Gasteiger partial charge in [-0.1, -0.05) is 0 Å². The van der Waals surface area contributed by atoms with Gasteiger partial charge in [0.2, 0.25) is 0 Å². The maximum atomic E-state index is 11.9. The summed E-state index contributed by atoms with van der Waals surface area (Å²) in [6.07, 6.45) is -2.49. The van der Waals surface area contributed by atoms with Crippen LogP contribution in [0.2, 0.25) is 0 Å². The summed E-state index contributed by atoms with van der Waals surface area (Å²) in [7, 11) is 0. The maximum Gasteiger partial charge on any atom is 0.405 e. The third-order valence-corrected chi connectivity index (χ3v) is 3.37. The van der Waals surface area contributed by atoms with E-state index in [1.807, 2.05) is 0 Å².